The third kappa shape index (κ3) is 4.34. The topological polar surface area (TPSA) is 0 Å². The molecule has 110 valence electrons. The van der Waals surface area contributed by atoms with Gasteiger partial charge >= 0.3 is 0 Å². The highest BCUT2D eigenvalue weighted by atomic mass is 28.2. The molecule has 0 heterocycles. The van der Waals surface area contributed by atoms with Crippen LogP contribution in [-0.2, 0) is 0 Å². The molecule has 0 spiro atoms. The maximum atomic E-state index is 2.49. The minimum absolute atomic E-state index is 1.00. The van der Waals surface area contributed by atoms with Crippen LogP contribution in [0, 0.1) is 23.7 Å². The van der Waals surface area contributed by atoms with Gasteiger partial charge in [-0.1, -0.05) is 58.9 Å². The van der Waals surface area contributed by atoms with Crippen molar-refractivity contribution in [1.29, 1.82) is 0 Å². The molecule has 1 unspecified atom stereocenters. The average molecular weight is 279 g/mol. The largest absolute Gasteiger partial charge is 0.0731 e. The lowest BCUT2D eigenvalue weighted by Gasteiger charge is -2.39. The van der Waals surface area contributed by atoms with Gasteiger partial charge < -0.3 is 0 Å². The second-order valence-corrected chi connectivity index (χ2v) is 8.81. The van der Waals surface area contributed by atoms with E-state index < -0.39 is 0 Å². The Morgan fingerprint density at radius 3 is 1.89 bits per heavy atom. The summed E-state index contributed by atoms with van der Waals surface area (Å²) < 4.78 is 0. The first-order chi connectivity index (χ1) is 9.24. The van der Waals surface area contributed by atoms with E-state index in [1.54, 1.807) is 51.4 Å². The van der Waals surface area contributed by atoms with E-state index >= 15 is 0 Å². The van der Waals surface area contributed by atoms with Crippen LogP contribution in [0.3, 0.4) is 0 Å². The van der Waals surface area contributed by atoms with Gasteiger partial charge in [0.2, 0.25) is 0 Å². The molecule has 19 heavy (non-hydrogen) atoms. The molecular formula is C18H34Si. The van der Waals surface area contributed by atoms with Crippen molar-refractivity contribution in [2.45, 2.75) is 90.1 Å². The van der Waals surface area contributed by atoms with Crippen LogP contribution in [0.2, 0.25) is 12.1 Å². The lowest BCUT2D eigenvalue weighted by molar-refractivity contribution is 0.142. The molecule has 2 fully saturated rings. The highest BCUT2D eigenvalue weighted by molar-refractivity contribution is 6.35. The number of hydrogen-bond acceptors (Lipinski definition) is 0. The molecule has 0 N–H and O–H groups in total. The highest BCUT2D eigenvalue weighted by Crippen LogP contribution is 2.44. The van der Waals surface area contributed by atoms with E-state index in [4.69, 9.17) is 0 Å². The summed E-state index contributed by atoms with van der Waals surface area (Å²) in [6, 6.07) is 0. The third-order valence-electron chi connectivity index (χ3n) is 6.23. The van der Waals surface area contributed by atoms with Crippen LogP contribution >= 0.6 is 0 Å². The van der Waals surface area contributed by atoms with Gasteiger partial charge in [0.15, 0.2) is 0 Å². The first-order valence-corrected chi connectivity index (χ1v) is 10.5. The maximum absolute atomic E-state index is 2.49. The summed E-state index contributed by atoms with van der Waals surface area (Å²) in [4.78, 5) is 0. The van der Waals surface area contributed by atoms with Gasteiger partial charge in [-0.2, -0.15) is 0 Å². The van der Waals surface area contributed by atoms with Crippen LogP contribution in [0.25, 0.3) is 0 Å². The lowest BCUT2D eigenvalue weighted by atomic mass is 9.68. The normalized spacial score (nSPS) is 38.1. The molecule has 2 radical (unpaired) electrons. The Morgan fingerprint density at radius 2 is 1.42 bits per heavy atom. The summed E-state index contributed by atoms with van der Waals surface area (Å²) >= 11 is 0. The van der Waals surface area contributed by atoms with Gasteiger partial charge in [-0.3, -0.25) is 0 Å². The summed E-state index contributed by atoms with van der Waals surface area (Å²) in [7, 11) is 1.16. The maximum Gasteiger partial charge on any atom is 0.0378 e. The molecule has 0 nitrogen and oxygen atoms in total. The van der Waals surface area contributed by atoms with Gasteiger partial charge in [-0.25, -0.2) is 0 Å². The van der Waals surface area contributed by atoms with Crippen LogP contribution in [0.15, 0.2) is 0 Å². The second kappa shape index (κ2) is 7.86. The molecule has 2 saturated carbocycles. The van der Waals surface area contributed by atoms with Crippen molar-refractivity contribution < 1.29 is 0 Å². The SMILES string of the molecule is CCCC1CCC(C2CCC(C(C)[Si]C)CC2)CC1. The van der Waals surface area contributed by atoms with Crippen molar-refractivity contribution >= 4 is 9.52 Å². The molecule has 1 atom stereocenters. The molecule has 0 bridgehead atoms. The van der Waals surface area contributed by atoms with Crippen molar-refractivity contribution in [2.24, 2.45) is 23.7 Å². The van der Waals surface area contributed by atoms with Crippen molar-refractivity contribution in [3.63, 3.8) is 0 Å². The zero-order valence-corrected chi connectivity index (χ0v) is 14.5. The van der Waals surface area contributed by atoms with Gasteiger partial charge in [0.25, 0.3) is 0 Å². The van der Waals surface area contributed by atoms with Crippen LogP contribution < -0.4 is 0 Å². The lowest BCUT2D eigenvalue weighted by Crippen LogP contribution is -2.27. The van der Waals surface area contributed by atoms with E-state index in [0.717, 1.165) is 38.7 Å². The van der Waals surface area contributed by atoms with E-state index in [2.05, 4.69) is 20.4 Å². The summed E-state index contributed by atoms with van der Waals surface area (Å²) in [5, 5.41) is 0. The predicted octanol–water partition coefficient (Wildman–Crippen LogP) is 5.96. The average Bonchev–Trinajstić information content (AvgIpc) is 2.48. The van der Waals surface area contributed by atoms with Crippen molar-refractivity contribution in [1.82, 2.24) is 0 Å². The molecule has 1 heteroatoms. The molecule has 2 aliphatic rings. The molecule has 2 aliphatic carbocycles. The van der Waals surface area contributed by atoms with Gasteiger partial charge in [0.1, 0.15) is 0 Å². The Balaban J connectivity index is 1.71. The van der Waals surface area contributed by atoms with Gasteiger partial charge in [0.05, 0.1) is 0 Å². The Bertz CT molecular complexity index is 234. The van der Waals surface area contributed by atoms with Crippen LogP contribution in [0.4, 0.5) is 0 Å². The summed E-state index contributed by atoms with van der Waals surface area (Å²) in [5.74, 6) is 4.36. The fourth-order valence-electron chi connectivity index (χ4n) is 4.71. The van der Waals surface area contributed by atoms with Gasteiger partial charge in [-0.15, -0.1) is 0 Å². The Hall–Kier alpha value is 0.217. The summed E-state index contributed by atoms with van der Waals surface area (Å²) in [6.07, 6.45) is 15.3. The van der Waals surface area contributed by atoms with Gasteiger partial charge in [0, 0.05) is 9.52 Å². The number of rotatable bonds is 5. The smallest absolute Gasteiger partial charge is 0.0378 e. The predicted molar refractivity (Wildman–Crippen MR) is 86.8 cm³/mol. The van der Waals surface area contributed by atoms with E-state index in [1.807, 2.05) is 0 Å². The van der Waals surface area contributed by atoms with Crippen LogP contribution in [0.5, 0.6) is 0 Å². The molecule has 0 aliphatic heterocycles. The first kappa shape index (κ1) is 15.6. The zero-order chi connectivity index (χ0) is 13.7. The molecule has 0 aromatic rings. The van der Waals surface area contributed by atoms with E-state index in [9.17, 15) is 0 Å². The minimum atomic E-state index is 1.00. The second-order valence-electron chi connectivity index (χ2n) is 7.32. The number of hydrogen-bond donors (Lipinski definition) is 0. The summed E-state index contributed by atoms with van der Waals surface area (Å²) in [6.45, 7) is 7.23. The third-order valence-corrected chi connectivity index (χ3v) is 7.62. The molecule has 0 aromatic carbocycles. The molecule has 0 saturated heterocycles. The van der Waals surface area contributed by atoms with Crippen molar-refractivity contribution in [3.05, 3.63) is 0 Å². The molecule has 2 rings (SSSR count). The molecule has 0 amide bonds. The van der Waals surface area contributed by atoms with Gasteiger partial charge in [-0.05, 0) is 54.9 Å². The highest BCUT2D eigenvalue weighted by Gasteiger charge is 2.31. The molecular weight excluding hydrogens is 244 g/mol. The fourth-order valence-corrected chi connectivity index (χ4v) is 5.51. The Kier molecular flexibility index (Phi) is 6.45. The Labute approximate surface area is 124 Å². The fraction of sp³-hybridized carbons (Fsp3) is 1.00. The Morgan fingerprint density at radius 1 is 0.895 bits per heavy atom. The minimum Gasteiger partial charge on any atom is -0.0731 e. The van der Waals surface area contributed by atoms with Crippen LogP contribution in [-0.4, -0.2) is 9.52 Å². The monoisotopic (exact) mass is 278 g/mol. The zero-order valence-electron chi connectivity index (χ0n) is 13.5. The van der Waals surface area contributed by atoms with Crippen LogP contribution in [0.1, 0.15) is 78.1 Å². The molecule has 0 aromatic heterocycles. The van der Waals surface area contributed by atoms with Crippen molar-refractivity contribution in [3.8, 4) is 0 Å². The summed E-state index contributed by atoms with van der Waals surface area (Å²) in [5.41, 5.74) is 1.00. The van der Waals surface area contributed by atoms with Crippen molar-refractivity contribution in [2.75, 3.05) is 0 Å². The standard InChI is InChI=1S/C18H34Si/c1-4-5-15-6-8-17(9-7-15)18-12-10-16(11-13-18)14(2)19-3/h14-18H,4-13H2,1-3H3. The van der Waals surface area contributed by atoms with E-state index in [1.165, 1.54) is 12.8 Å². The van der Waals surface area contributed by atoms with E-state index in [0.29, 0.717) is 0 Å². The van der Waals surface area contributed by atoms with E-state index in [-0.39, 0.29) is 0 Å². The quantitative estimate of drug-likeness (QED) is 0.544. The first-order valence-electron chi connectivity index (χ1n) is 8.91.